The van der Waals surface area contributed by atoms with Gasteiger partial charge in [-0.05, 0) is 12.8 Å². The van der Waals surface area contributed by atoms with Crippen molar-refractivity contribution in [3.63, 3.8) is 0 Å². The van der Waals surface area contributed by atoms with Crippen LogP contribution in [0.1, 0.15) is 12.8 Å². The summed E-state index contributed by atoms with van der Waals surface area (Å²) in [6.07, 6.45) is 3.94. The molecule has 1 fully saturated rings. The Morgan fingerprint density at radius 3 is 3.33 bits per heavy atom. The van der Waals surface area contributed by atoms with Crippen LogP contribution in [0.25, 0.3) is 0 Å². The quantitative estimate of drug-likeness (QED) is 0.821. The van der Waals surface area contributed by atoms with Gasteiger partial charge in [0.1, 0.15) is 0 Å². The van der Waals surface area contributed by atoms with Crippen molar-refractivity contribution >= 4 is 22.5 Å². The zero-order valence-corrected chi connectivity index (χ0v) is 9.05. The fourth-order valence-corrected chi connectivity index (χ4v) is 1.96. The van der Waals surface area contributed by atoms with Crippen LogP contribution in [0, 0.1) is 0 Å². The van der Waals surface area contributed by atoms with Gasteiger partial charge in [-0.15, -0.1) is 11.3 Å². The maximum Gasteiger partial charge on any atom is 0.321 e. The molecule has 5 nitrogen and oxygen atoms in total. The number of urea groups is 1. The Hall–Kier alpha value is -1.14. The Morgan fingerprint density at radius 2 is 2.67 bits per heavy atom. The summed E-state index contributed by atoms with van der Waals surface area (Å²) in [5, 5.41) is 7.83. The molecule has 1 aromatic heterocycles. The zero-order chi connectivity index (χ0) is 10.5. The second kappa shape index (κ2) is 5.09. The third kappa shape index (κ3) is 3.17. The lowest BCUT2D eigenvalue weighted by atomic mass is 10.2. The first kappa shape index (κ1) is 10.4. The summed E-state index contributed by atoms with van der Waals surface area (Å²) in [5.41, 5.74) is 0. The van der Waals surface area contributed by atoms with Gasteiger partial charge in [0.05, 0.1) is 6.10 Å². The standard InChI is InChI=1S/C9H13N3O2S/c13-8(12-9-10-3-5-15-9)11-6-7-2-1-4-14-7/h3,5,7H,1-2,4,6H2,(H2,10,11,12,13)/t7-/m0/s1. The van der Waals surface area contributed by atoms with Crippen LogP contribution in [0.4, 0.5) is 9.93 Å². The van der Waals surface area contributed by atoms with Crippen LogP contribution in [0.3, 0.4) is 0 Å². The molecule has 15 heavy (non-hydrogen) atoms. The van der Waals surface area contributed by atoms with Crippen molar-refractivity contribution in [1.82, 2.24) is 10.3 Å². The molecule has 0 aromatic carbocycles. The second-order valence-electron chi connectivity index (χ2n) is 3.31. The third-order valence-corrected chi connectivity index (χ3v) is 2.86. The van der Waals surface area contributed by atoms with E-state index in [2.05, 4.69) is 15.6 Å². The Bertz CT molecular complexity index is 309. The number of rotatable bonds is 3. The molecule has 2 rings (SSSR count). The number of hydrogen-bond donors (Lipinski definition) is 2. The average molecular weight is 227 g/mol. The second-order valence-corrected chi connectivity index (χ2v) is 4.20. The smallest absolute Gasteiger partial charge is 0.321 e. The Balaban J connectivity index is 1.68. The fraction of sp³-hybridized carbons (Fsp3) is 0.556. The summed E-state index contributed by atoms with van der Waals surface area (Å²) >= 11 is 1.40. The van der Waals surface area contributed by atoms with Crippen molar-refractivity contribution in [2.45, 2.75) is 18.9 Å². The first-order valence-electron chi connectivity index (χ1n) is 4.90. The molecule has 1 aliphatic heterocycles. The lowest BCUT2D eigenvalue weighted by Gasteiger charge is -2.10. The van der Waals surface area contributed by atoms with E-state index in [4.69, 9.17) is 4.74 Å². The molecule has 0 radical (unpaired) electrons. The minimum atomic E-state index is -0.222. The molecule has 1 saturated heterocycles. The van der Waals surface area contributed by atoms with Gasteiger partial charge in [0.25, 0.3) is 0 Å². The van der Waals surface area contributed by atoms with Gasteiger partial charge in [-0.3, -0.25) is 5.32 Å². The average Bonchev–Trinajstić information content (AvgIpc) is 2.86. The Morgan fingerprint density at radius 1 is 1.73 bits per heavy atom. The summed E-state index contributed by atoms with van der Waals surface area (Å²) < 4.78 is 5.38. The summed E-state index contributed by atoms with van der Waals surface area (Å²) in [6.45, 7) is 1.37. The van der Waals surface area contributed by atoms with E-state index in [1.54, 1.807) is 6.20 Å². The van der Waals surface area contributed by atoms with Gasteiger partial charge < -0.3 is 10.1 Å². The molecule has 82 valence electrons. The third-order valence-electron chi connectivity index (χ3n) is 2.17. The van der Waals surface area contributed by atoms with Gasteiger partial charge >= 0.3 is 6.03 Å². The number of carbonyl (C=O) groups excluding carboxylic acids is 1. The summed E-state index contributed by atoms with van der Waals surface area (Å²) in [6, 6.07) is -0.222. The topological polar surface area (TPSA) is 63.2 Å². The van der Waals surface area contributed by atoms with Crippen molar-refractivity contribution in [2.75, 3.05) is 18.5 Å². The predicted octanol–water partition coefficient (Wildman–Crippen LogP) is 1.44. The Labute approximate surface area is 91.9 Å². The highest BCUT2D eigenvalue weighted by Gasteiger charge is 2.16. The van der Waals surface area contributed by atoms with Crippen LogP contribution in [0.5, 0.6) is 0 Å². The lowest BCUT2D eigenvalue weighted by Crippen LogP contribution is -2.34. The van der Waals surface area contributed by atoms with Crippen LogP contribution >= 0.6 is 11.3 Å². The zero-order valence-electron chi connectivity index (χ0n) is 8.23. The molecule has 0 unspecified atom stereocenters. The van der Waals surface area contributed by atoms with Crippen molar-refractivity contribution in [3.8, 4) is 0 Å². The van der Waals surface area contributed by atoms with Gasteiger partial charge in [-0.2, -0.15) is 0 Å². The maximum absolute atomic E-state index is 11.4. The molecule has 1 atom stereocenters. The van der Waals surface area contributed by atoms with Gasteiger partial charge in [0.2, 0.25) is 0 Å². The maximum atomic E-state index is 11.4. The molecule has 1 aliphatic rings. The minimum absolute atomic E-state index is 0.173. The number of hydrogen-bond acceptors (Lipinski definition) is 4. The van der Waals surface area contributed by atoms with Crippen LogP contribution in [0.15, 0.2) is 11.6 Å². The van der Waals surface area contributed by atoms with Crippen LogP contribution in [0.2, 0.25) is 0 Å². The van der Waals surface area contributed by atoms with E-state index in [1.165, 1.54) is 11.3 Å². The van der Waals surface area contributed by atoms with Gasteiger partial charge in [0, 0.05) is 24.7 Å². The monoisotopic (exact) mass is 227 g/mol. The largest absolute Gasteiger partial charge is 0.376 e. The highest BCUT2D eigenvalue weighted by Crippen LogP contribution is 2.11. The molecule has 0 aliphatic carbocycles. The van der Waals surface area contributed by atoms with E-state index >= 15 is 0 Å². The van der Waals surface area contributed by atoms with Crippen molar-refractivity contribution in [2.24, 2.45) is 0 Å². The van der Waals surface area contributed by atoms with Gasteiger partial charge in [-0.25, -0.2) is 9.78 Å². The van der Waals surface area contributed by atoms with E-state index in [0.29, 0.717) is 11.7 Å². The lowest BCUT2D eigenvalue weighted by molar-refractivity contribution is 0.112. The molecule has 0 saturated carbocycles. The number of ether oxygens (including phenoxy) is 1. The predicted molar refractivity (Wildman–Crippen MR) is 58.1 cm³/mol. The number of nitrogens with zero attached hydrogens (tertiary/aromatic N) is 1. The molecule has 2 amide bonds. The van der Waals surface area contributed by atoms with E-state index in [-0.39, 0.29) is 12.1 Å². The highest BCUT2D eigenvalue weighted by atomic mass is 32.1. The number of amides is 2. The summed E-state index contributed by atoms with van der Waals surface area (Å²) in [5.74, 6) is 0. The van der Waals surface area contributed by atoms with E-state index < -0.39 is 0 Å². The summed E-state index contributed by atoms with van der Waals surface area (Å²) in [7, 11) is 0. The van der Waals surface area contributed by atoms with Gasteiger partial charge in [0.15, 0.2) is 5.13 Å². The van der Waals surface area contributed by atoms with Crippen molar-refractivity contribution in [3.05, 3.63) is 11.6 Å². The van der Waals surface area contributed by atoms with Crippen molar-refractivity contribution in [1.29, 1.82) is 0 Å². The molecular formula is C9H13N3O2S. The van der Waals surface area contributed by atoms with Crippen LogP contribution in [-0.2, 0) is 4.74 Å². The van der Waals surface area contributed by atoms with E-state index in [9.17, 15) is 4.79 Å². The van der Waals surface area contributed by atoms with E-state index in [0.717, 1.165) is 19.4 Å². The first-order chi connectivity index (χ1) is 7.34. The van der Waals surface area contributed by atoms with E-state index in [1.807, 2.05) is 5.38 Å². The number of carbonyl (C=O) groups is 1. The molecule has 0 bridgehead atoms. The number of anilines is 1. The van der Waals surface area contributed by atoms with Gasteiger partial charge in [-0.1, -0.05) is 0 Å². The Kier molecular flexibility index (Phi) is 3.52. The normalized spacial score (nSPS) is 20.1. The van der Waals surface area contributed by atoms with Crippen LogP contribution in [-0.4, -0.2) is 30.3 Å². The highest BCUT2D eigenvalue weighted by molar-refractivity contribution is 7.13. The molecule has 2 heterocycles. The number of thiazole rings is 1. The number of aromatic nitrogens is 1. The molecule has 2 N–H and O–H groups in total. The number of nitrogens with one attached hydrogen (secondary N) is 2. The molecule has 0 spiro atoms. The van der Waals surface area contributed by atoms with Crippen LogP contribution < -0.4 is 10.6 Å². The fourth-order valence-electron chi connectivity index (χ4n) is 1.44. The summed E-state index contributed by atoms with van der Waals surface area (Å²) in [4.78, 5) is 15.3. The minimum Gasteiger partial charge on any atom is -0.376 e. The molecular weight excluding hydrogens is 214 g/mol. The first-order valence-corrected chi connectivity index (χ1v) is 5.78. The molecule has 6 heteroatoms. The SMILES string of the molecule is O=C(NC[C@@H]1CCCO1)Nc1nccs1. The van der Waals surface area contributed by atoms with Crippen molar-refractivity contribution < 1.29 is 9.53 Å². The molecule has 1 aromatic rings.